The molecule has 1 heterocycles. The summed E-state index contributed by atoms with van der Waals surface area (Å²) >= 11 is 3.46. The Morgan fingerprint density at radius 2 is 2.00 bits per heavy atom. The van der Waals surface area contributed by atoms with E-state index in [9.17, 15) is 4.39 Å². The summed E-state index contributed by atoms with van der Waals surface area (Å²) in [5, 5.41) is 0. The van der Waals surface area contributed by atoms with Gasteiger partial charge in [0.25, 0.3) is 0 Å². The quantitative estimate of drug-likeness (QED) is 0.750. The van der Waals surface area contributed by atoms with E-state index >= 15 is 0 Å². The van der Waals surface area contributed by atoms with E-state index in [0.29, 0.717) is 5.92 Å². The van der Waals surface area contributed by atoms with Gasteiger partial charge in [-0.05, 0) is 42.5 Å². The van der Waals surface area contributed by atoms with Crippen LogP contribution in [0.25, 0.3) is 0 Å². The number of hydrogen-bond acceptors (Lipinski definition) is 1. The molecule has 0 saturated carbocycles. The lowest BCUT2D eigenvalue weighted by atomic mass is 9.92. The molecule has 0 aromatic heterocycles. The van der Waals surface area contributed by atoms with Crippen LogP contribution in [0.15, 0.2) is 22.7 Å². The van der Waals surface area contributed by atoms with E-state index < -0.39 is 0 Å². The van der Waals surface area contributed by atoms with Crippen LogP contribution >= 0.6 is 15.9 Å². The molecule has 1 aliphatic heterocycles. The molecular weight excluding hydrogens is 247 g/mol. The summed E-state index contributed by atoms with van der Waals surface area (Å²) in [6.07, 6.45) is 1.98. The number of benzene rings is 1. The fourth-order valence-electron chi connectivity index (χ4n) is 1.84. The van der Waals surface area contributed by atoms with Gasteiger partial charge in [0.1, 0.15) is 5.82 Å². The van der Waals surface area contributed by atoms with Crippen LogP contribution in [0.2, 0.25) is 0 Å². The molecule has 1 nitrogen and oxygen atoms in total. The van der Waals surface area contributed by atoms with Crippen molar-refractivity contribution in [3.63, 3.8) is 0 Å². The molecule has 0 radical (unpaired) electrons. The van der Waals surface area contributed by atoms with Gasteiger partial charge in [-0.25, -0.2) is 4.39 Å². The Labute approximate surface area is 91.4 Å². The van der Waals surface area contributed by atoms with E-state index in [4.69, 9.17) is 4.74 Å². The van der Waals surface area contributed by atoms with E-state index in [2.05, 4.69) is 15.9 Å². The van der Waals surface area contributed by atoms with E-state index in [1.165, 1.54) is 6.07 Å². The Morgan fingerprint density at radius 1 is 1.29 bits per heavy atom. The summed E-state index contributed by atoms with van der Waals surface area (Å²) in [7, 11) is 0. The summed E-state index contributed by atoms with van der Waals surface area (Å²) in [4.78, 5) is 0. The minimum Gasteiger partial charge on any atom is -0.381 e. The Hall–Kier alpha value is -0.410. The highest BCUT2D eigenvalue weighted by Gasteiger charge is 2.18. The molecule has 1 aromatic carbocycles. The topological polar surface area (TPSA) is 9.23 Å². The lowest BCUT2D eigenvalue weighted by Crippen LogP contribution is -2.14. The summed E-state index contributed by atoms with van der Waals surface area (Å²) in [5.41, 5.74) is 1.08. The van der Waals surface area contributed by atoms with Gasteiger partial charge in [0.05, 0.1) is 0 Å². The van der Waals surface area contributed by atoms with Crippen LogP contribution in [0, 0.1) is 5.82 Å². The largest absolute Gasteiger partial charge is 0.381 e. The minimum absolute atomic E-state index is 0.158. The molecule has 1 aliphatic rings. The smallest absolute Gasteiger partial charge is 0.123 e. The van der Waals surface area contributed by atoms with Crippen molar-refractivity contribution in [2.75, 3.05) is 13.2 Å². The Kier molecular flexibility index (Phi) is 3.19. The highest BCUT2D eigenvalue weighted by Crippen LogP contribution is 2.32. The third-order valence-electron chi connectivity index (χ3n) is 2.62. The average molecular weight is 259 g/mol. The third-order valence-corrected chi connectivity index (χ3v) is 3.34. The molecule has 76 valence electrons. The standard InChI is InChI=1S/C11H12BrFO/c12-11-2-1-9(13)7-10(11)8-3-5-14-6-4-8/h1-2,7-8H,3-6H2. The second-order valence-electron chi connectivity index (χ2n) is 3.55. The lowest BCUT2D eigenvalue weighted by molar-refractivity contribution is 0.0851. The zero-order valence-corrected chi connectivity index (χ0v) is 9.39. The first-order chi connectivity index (χ1) is 6.77. The van der Waals surface area contributed by atoms with E-state index in [-0.39, 0.29) is 5.82 Å². The normalized spacial score (nSPS) is 18.4. The van der Waals surface area contributed by atoms with Gasteiger partial charge in [-0.1, -0.05) is 15.9 Å². The van der Waals surface area contributed by atoms with Crippen LogP contribution < -0.4 is 0 Å². The van der Waals surface area contributed by atoms with Crippen LogP contribution in [0.5, 0.6) is 0 Å². The maximum absolute atomic E-state index is 13.1. The zero-order valence-electron chi connectivity index (χ0n) is 7.80. The summed E-state index contributed by atoms with van der Waals surface area (Å²) in [6, 6.07) is 4.88. The molecule has 2 rings (SSSR count). The second-order valence-corrected chi connectivity index (χ2v) is 4.41. The molecule has 0 aliphatic carbocycles. The van der Waals surface area contributed by atoms with Crippen LogP contribution in [0.4, 0.5) is 4.39 Å². The zero-order chi connectivity index (χ0) is 9.97. The molecule has 1 saturated heterocycles. The number of hydrogen-bond donors (Lipinski definition) is 0. The van der Waals surface area contributed by atoms with Crippen molar-refractivity contribution in [2.45, 2.75) is 18.8 Å². The predicted molar refractivity (Wildman–Crippen MR) is 56.9 cm³/mol. The fourth-order valence-corrected chi connectivity index (χ4v) is 2.41. The van der Waals surface area contributed by atoms with Crippen LogP contribution in [-0.2, 0) is 4.74 Å². The first-order valence-corrected chi connectivity index (χ1v) is 5.59. The Morgan fingerprint density at radius 3 is 2.71 bits per heavy atom. The molecule has 1 fully saturated rings. The molecule has 1 aromatic rings. The molecule has 0 N–H and O–H groups in total. The molecule has 0 unspecified atom stereocenters. The van der Waals surface area contributed by atoms with E-state index in [1.807, 2.05) is 0 Å². The highest BCUT2D eigenvalue weighted by atomic mass is 79.9. The predicted octanol–water partition coefficient (Wildman–Crippen LogP) is 3.48. The van der Waals surface area contributed by atoms with Gasteiger partial charge < -0.3 is 4.74 Å². The minimum atomic E-state index is -0.158. The first-order valence-electron chi connectivity index (χ1n) is 4.80. The third kappa shape index (κ3) is 2.15. The highest BCUT2D eigenvalue weighted by molar-refractivity contribution is 9.10. The van der Waals surface area contributed by atoms with Crippen molar-refractivity contribution in [1.82, 2.24) is 0 Å². The summed E-state index contributed by atoms with van der Waals surface area (Å²) in [5.74, 6) is 0.281. The van der Waals surface area contributed by atoms with E-state index in [1.54, 1.807) is 12.1 Å². The maximum Gasteiger partial charge on any atom is 0.123 e. The monoisotopic (exact) mass is 258 g/mol. The molecule has 3 heteroatoms. The van der Waals surface area contributed by atoms with Gasteiger partial charge in [0.2, 0.25) is 0 Å². The van der Waals surface area contributed by atoms with Crippen molar-refractivity contribution in [3.8, 4) is 0 Å². The van der Waals surface area contributed by atoms with Crippen molar-refractivity contribution in [3.05, 3.63) is 34.1 Å². The molecule has 0 atom stereocenters. The Bertz CT molecular complexity index is 321. The van der Waals surface area contributed by atoms with Crippen molar-refractivity contribution in [2.24, 2.45) is 0 Å². The molecule has 0 spiro atoms. The molecular formula is C11H12BrFO. The summed E-state index contributed by atoms with van der Waals surface area (Å²) < 4.78 is 19.3. The van der Waals surface area contributed by atoms with Gasteiger partial charge >= 0.3 is 0 Å². The average Bonchev–Trinajstić information content (AvgIpc) is 2.23. The Balaban J connectivity index is 2.24. The van der Waals surface area contributed by atoms with Crippen LogP contribution in [0.3, 0.4) is 0 Å². The fraction of sp³-hybridized carbons (Fsp3) is 0.455. The van der Waals surface area contributed by atoms with Gasteiger partial charge in [0, 0.05) is 17.7 Å². The summed E-state index contributed by atoms with van der Waals surface area (Å²) in [6.45, 7) is 1.57. The maximum atomic E-state index is 13.1. The lowest BCUT2D eigenvalue weighted by Gasteiger charge is -2.23. The van der Waals surface area contributed by atoms with Gasteiger partial charge in [-0.2, -0.15) is 0 Å². The van der Waals surface area contributed by atoms with Crippen molar-refractivity contribution >= 4 is 15.9 Å². The van der Waals surface area contributed by atoms with Gasteiger partial charge in [-0.3, -0.25) is 0 Å². The van der Waals surface area contributed by atoms with Gasteiger partial charge in [-0.15, -0.1) is 0 Å². The number of halogens is 2. The van der Waals surface area contributed by atoms with Crippen LogP contribution in [-0.4, -0.2) is 13.2 Å². The number of ether oxygens (including phenoxy) is 1. The van der Waals surface area contributed by atoms with Gasteiger partial charge in [0.15, 0.2) is 0 Å². The first kappa shape index (κ1) is 10.1. The molecule has 0 amide bonds. The van der Waals surface area contributed by atoms with Crippen LogP contribution in [0.1, 0.15) is 24.3 Å². The van der Waals surface area contributed by atoms with Crippen molar-refractivity contribution in [1.29, 1.82) is 0 Å². The van der Waals surface area contributed by atoms with Crippen molar-refractivity contribution < 1.29 is 9.13 Å². The number of rotatable bonds is 1. The van der Waals surface area contributed by atoms with E-state index in [0.717, 1.165) is 36.1 Å². The SMILES string of the molecule is Fc1ccc(Br)c(C2CCOCC2)c1. The second kappa shape index (κ2) is 4.41. The molecule has 0 bridgehead atoms. The molecule has 14 heavy (non-hydrogen) atoms.